The van der Waals surface area contributed by atoms with Gasteiger partial charge < -0.3 is 25.2 Å². The number of aromatic nitrogens is 2. The molecule has 2 aromatic carbocycles. The van der Waals surface area contributed by atoms with Crippen molar-refractivity contribution in [3.63, 3.8) is 0 Å². The number of aromatic amines is 1. The van der Waals surface area contributed by atoms with E-state index in [-0.39, 0.29) is 18.6 Å². The quantitative estimate of drug-likeness (QED) is 0.416. The summed E-state index contributed by atoms with van der Waals surface area (Å²) in [6.07, 6.45) is 4.60. The lowest BCUT2D eigenvalue weighted by atomic mass is 9.95. The number of hydrogen-bond acceptors (Lipinski definition) is 6. The van der Waals surface area contributed by atoms with Gasteiger partial charge >= 0.3 is 0 Å². The molecule has 0 radical (unpaired) electrons. The van der Waals surface area contributed by atoms with Crippen LogP contribution in [0.4, 0.5) is 5.69 Å². The highest BCUT2D eigenvalue weighted by molar-refractivity contribution is 5.97. The van der Waals surface area contributed by atoms with Gasteiger partial charge in [0.05, 0.1) is 31.6 Å². The molecule has 0 saturated carbocycles. The summed E-state index contributed by atoms with van der Waals surface area (Å²) in [5.41, 5.74) is 4.70. The van der Waals surface area contributed by atoms with Gasteiger partial charge in [0, 0.05) is 31.3 Å². The van der Waals surface area contributed by atoms with E-state index in [1.807, 2.05) is 36.4 Å². The molecule has 4 N–H and O–H groups in total. The average Bonchev–Trinajstić information content (AvgIpc) is 3.34. The molecule has 1 aliphatic rings. The highest BCUT2D eigenvalue weighted by atomic mass is 16.5. The number of rotatable bonds is 8. The van der Waals surface area contributed by atoms with Gasteiger partial charge in [-0.2, -0.15) is 5.10 Å². The van der Waals surface area contributed by atoms with Gasteiger partial charge in [0.2, 0.25) is 5.91 Å². The first-order chi connectivity index (χ1) is 15.2. The third-order valence-corrected chi connectivity index (χ3v) is 5.32. The summed E-state index contributed by atoms with van der Waals surface area (Å²) in [6, 6.07) is 11.2. The van der Waals surface area contributed by atoms with Crippen LogP contribution in [0.25, 0.3) is 11.1 Å². The van der Waals surface area contributed by atoms with Crippen molar-refractivity contribution in [3.8, 4) is 22.6 Å². The predicted molar refractivity (Wildman–Crippen MR) is 117 cm³/mol. The number of nitrogens with zero attached hydrogens (tertiary/aromatic N) is 1. The van der Waals surface area contributed by atoms with E-state index in [4.69, 9.17) is 14.6 Å². The van der Waals surface area contributed by atoms with E-state index in [1.165, 1.54) is 5.56 Å². The number of methoxy groups -OCH3 is 1. The van der Waals surface area contributed by atoms with E-state index >= 15 is 0 Å². The van der Waals surface area contributed by atoms with Gasteiger partial charge in [-0.05, 0) is 47.4 Å². The van der Waals surface area contributed by atoms with Crippen molar-refractivity contribution >= 4 is 11.6 Å². The largest absolute Gasteiger partial charge is 0.497 e. The minimum atomic E-state index is -0.363. The van der Waals surface area contributed by atoms with Crippen LogP contribution in [0.3, 0.4) is 0 Å². The minimum Gasteiger partial charge on any atom is -0.497 e. The van der Waals surface area contributed by atoms with Crippen molar-refractivity contribution in [3.05, 3.63) is 59.9 Å². The fourth-order valence-electron chi connectivity index (χ4n) is 3.60. The van der Waals surface area contributed by atoms with E-state index in [2.05, 4.69) is 20.8 Å². The summed E-state index contributed by atoms with van der Waals surface area (Å²) in [6.45, 7) is 1.01. The van der Waals surface area contributed by atoms with Crippen molar-refractivity contribution in [1.29, 1.82) is 0 Å². The fourth-order valence-corrected chi connectivity index (χ4v) is 3.60. The molecule has 1 unspecified atom stereocenters. The molecule has 31 heavy (non-hydrogen) atoms. The molecule has 162 valence electrons. The van der Waals surface area contributed by atoms with Gasteiger partial charge in [0.15, 0.2) is 0 Å². The number of benzene rings is 2. The molecule has 0 spiro atoms. The molecule has 1 atom stereocenters. The Labute approximate surface area is 180 Å². The maximum atomic E-state index is 13.0. The standard InChI is InChI=1S/C23H26N4O4/c1-30-19-5-3-16-12-24-21(10-17(16)9-19)23(29)27-20-6-4-15(18-13-25-26-14-18)11-22(20)31-8-2-7-28/h3-6,9,11,13-14,21,24,28H,2,7-8,10,12H2,1H3,(H,25,26)(H,27,29). The Hall–Kier alpha value is -3.36. The maximum Gasteiger partial charge on any atom is 0.241 e. The van der Waals surface area contributed by atoms with Crippen LogP contribution in [0.5, 0.6) is 11.5 Å². The fraction of sp³-hybridized carbons (Fsp3) is 0.304. The van der Waals surface area contributed by atoms with Gasteiger partial charge in [0.25, 0.3) is 0 Å². The van der Waals surface area contributed by atoms with Crippen molar-refractivity contribution in [1.82, 2.24) is 15.5 Å². The van der Waals surface area contributed by atoms with Crippen molar-refractivity contribution in [2.24, 2.45) is 0 Å². The monoisotopic (exact) mass is 422 g/mol. The molecule has 4 rings (SSSR count). The number of hydrogen-bond donors (Lipinski definition) is 4. The first-order valence-corrected chi connectivity index (χ1v) is 10.2. The van der Waals surface area contributed by atoms with E-state index in [9.17, 15) is 4.79 Å². The predicted octanol–water partition coefficient (Wildman–Crippen LogP) is 2.50. The second kappa shape index (κ2) is 9.63. The molecule has 1 amide bonds. The third kappa shape index (κ3) is 4.87. The summed E-state index contributed by atoms with van der Waals surface area (Å²) < 4.78 is 11.2. The Morgan fingerprint density at radius 3 is 2.90 bits per heavy atom. The first-order valence-electron chi connectivity index (χ1n) is 10.2. The summed E-state index contributed by atoms with van der Waals surface area (Å²) in [5.74, 6) is 1.21. The van der Waals surface area contributed by atoms with Crippen LogP contribution in [0.15, 0.2) is 48.8 Å². The Bertz CT molecular complexity index is 1040. The summed E-state index contributed by atoms with van der Waals surface area (Å²) in [5, 5.41) is 22.1. The van der Waals surface area contributed by atoms with E-state index < -0.39 is 0 Å². The average molecular weight is 422 g/mol. The minimum absolute atomic E-state index is 0.0397. The Morgan fingerprint density at radius 2 is 2.13 bits per heavy atom. The second-order valence-electron chi connectivity index (χ2n) is 7.39. The molecule has 0 saturated heterocycles. The molecule has 3 aromatic rings. The topological polar surface area (TPSA) is 108 Å². The molecule has 8 heteroatoms. The highest BCUT2D eigenvalue weighted by Crippen LogP contribution is 2.31. The highest BCUT2D eigenvalue weighted by Gasteiger charge is 2.25. The Morgan fingerprint density at radius 1 is 1.23 bits per heavy atom. The van der Waals surface area contributed by atoms with Crippen molar-refractivity contribution < 1.29 is 19.4 Å². The summed E-state index contributed by atoms with van der Waals surface area (Å²) in [7, 11) is 1.64. The SMILES string of the molecule is COc1ccc2c(c1)CC(C(=O)Nc1ccc(-c3cn[nH]c3)cc1OCCCO)NC2. The van der Waals surface area contributed by atoms with Gasteiger partial charge in [-0.15, -0.1) is 0 Å². The van der Waals surface area contributed by atoms with Crippen LogP contribution in [0.2, 0.25) is 0 Å². The number of aliphatic hydroxyl groups is 1. The Kier molecular flexibility index (Phi) is 6.49. The van der Waals surface area contributed by atoms with E-state index in [0.29, 0.717) is 37.4 Å². The van der Waals surface area contributed by atoms with E-state index in [1.54, 1.807) is 19.5 Å². The molecular weight excluding hydrogens is 396 g/mol. The van der Waals surface area contributed by atoms with Crippen molar-refractivity contribution in [2.45, 2.75) is 25.4 Å². The summed E-state index contributed by atoms with van der Waals surface area (Å²) in [4.78, 5) is 13.0. The Balaban J connectivity index is 1.51. The zero-order chi connectivity index (χ0) is 21.6. The molecular formula is C23H26N4O4. The van der Waals surface area contributed by atoms with Gasteiger partial charge in [0.1, 0.15) is 11.5 Å². The molecule has 0 bridgehead atoms. The van der Waals surface area contributed by atoms with Gasteiger partial charge in [-0.25, -0.2) is 0 Å². The van der Waals surface area contributed by atoms with Crippen LogP contribution in [0.1, 0.15) is 17.5 Å². The molecule has 1 aromatic heterocycles. The van der Waals surface area contributed by atoms with Crippen LogP contribution in [-0.2, 0) is 17.8 Å². The third-order valence-electron chi connectivity index (χ3n) is 5.32. The lowest BCUT2D eigenvalue weighted by Gasteiger charge is -2.26. The number of nitrogens with one attached hydrogen (secondary N) is 3. The van der Waals surface area contributed by atoms with Crippen LogP contribution in [-0.4, -0.2) is 47.6 Å². The maximum absolute atomic E-state index is 13.0. The number of fused-ring (bicyclic) bond motifs is 1. The zero-order valence-electron chi connectivity index (χ0n) is 17.4. The number of carbonyl (C=O) groups is 1. The molecule has 0 fully saturated rings. The molecule has 0 aliphatic carbocycles. The van der Waals surface area contributed by atoms with Gasteiger partial charge in [-0.1, -0.05) is 12.1 Å². The summed E-state index contributed by atoms with van der Waals surface area (Å²) >= 11 is 0. The van der Waals surface area contributed by atoms with Crippen molar-refractivity contribution in [2.75, 3.05) is 25.6 Å². The van der Waals surface area contributed by atoms with Crippen LogP contribution >= 0.6 is 0 Å². The lowest BCUT2D eigenvalue weighted by molar-refractivity contribution is -0.118. The normalized spacial score (nSPS) is 15.2. The smallest absolute Gasteiger partial charge is 0.241 e. The number of ether oxygens (including phenoxy) is 2. The second-order valence-corrected chi connectivity index (χ2v) is 7.39. The molecule has 8 nitrogen and oxygen atoms in total. The number of H-pyrrole nitrogens is 1. The number of carbonyl (C=O) groups excluding carboxylic acids is 1. The number of amides is 1. The number of aliphatic hydroxyl groups excluding tert-OH is 1. The van der Waals surface area contributed by atoms with E-state index in [0.717, 1.165) is 22.4 Å². The molecule has 1 aliphatic heterocycles. The molecule has 2 heterocycles. The van der Waals surface area contributed by atoms with Crippen LogP contribution in [0, 0.1) is 0 Å². The van der Waals surface area contributed by atoms with Gasteiger partial charge in [-0.3, -0.25) is 9.89 Å². The number of anilines is 1. The van der Waals surface area contributed by atoms with Crippen LogP contribution < -0.4 is 20.1 Å². The lowest BCUT2D eigenvalue weighted by Crippen LogP contribution is -2.44. The first kappa shape index (κ1) is 20.9. The zero-order valence-corrected chi connectivity index (χ0v) is 17.4.